The van der Waals surface area contributed by atoms with E-state index in [0.29, 0.717) is 38.2 Å². The quantitative estimate of drug-likeness (QED) is 0.859. The maximum atomic E-state index is 12.2. The molecule has 2 fully saturated rings. The molecule has 2 N–H and O–H groups in total. The molecule has 0 unspecified atom stereocenters. The van der Waals surface area contributed by atoms with E-state index in [0.717, 1.165) is 24.8 Å². The Morgan fingerprint density at radius 3 is 2.62 bits per heavy atom. The maximum absolute atomic E-state index is 12.2. The molecule has 2 aliphatic rings. The van der Waals surface area contributed by atoms with Crippen LogP contribution in [0.25, 0.3) is 0 Å². The summed E-state index contributed by atoms with van der Waals surface area (Å²) in [5, 5.41) is 0. The second-order valence-corrected chi connectivity index (χ2v) is 6.62. The lowest BCUT2D eigenvalue weighted by Crippen LogP contribution is -2.41. The molecule has 0 spiro atoms. The number of carbonyl (C=O) groups excluding carboxylic acids is 2. The molecular formula is C18H25N3O3. The van der Waals surface area contributed by atoms with Gasteiger partial charge in [0.2, 0.25) is 5.91 Å². The lowest BCUT2D eigenvalue weighted by Gasteiger charge is -2.25. The van der Waals surface area contributed by atoms with E-state index in [9.17, 15) is 9.59 Å². The molecule has 0 bridgehead atoms. The van der Waals surface area contributed by atoms with Gasteiger partial charge in [-0.25, -0.2) is 4.79 Å². The Kier molecular flexibility index (Phi) is 5.35. The number of carbonyl (C=O) groups is 2. The molecule has 1 aliphatic carbocycles. The molecule has 1 saturated carbocycles. The molecule has 1 atom stereocenters. The Morgan fingerprint density at radius 2 is 1.96 bits per heavy atom. The first kappa shape index (κ1) is 16.8. The van der Waals surface area contributed by atoms with Gasteiger partial charge in [0.1, 0.15) is 6.61 Å². The molecule has 6 heteroatoms. The SMILES string of the molecule is NCC(=O)N(C[C@@H]1CCN(C(=O)OCc2ccccc2)C1)C1CC1. The van der Waals surface area contributed by atoms with Crippen molar-refractivity contribution in [2.75, 3.05) is 26.2 Å². The Hall–Kier alpha value is -2.08. The Morgan fingerprint density at radius 1 is 1.21 bits per heavy atom. The second-order valence-electron chi connectivity index (χ2n) is 6.62. The fraction of sp³-hybridized carbons (Fsp3) is 0.556. The van der Waals surface area contributed by atoms with E-state index < -0.39 is 0 Å². The van der Waals surface area contributed by atoms with Crippen LogP contribution >= 0.6 is 0 Å². The van der Waals surface area contributed by atoms with Crippen LogP contribution in [0.15, 0.2) is 30.3 Å². The van der Waals surface area contributed by atoms with Crippen molar-refractivity contribution in [2.24, 2.45) is 11.7 Å². The molecule has 1 aliphatic heterocycles. The molecule has 1 saturated heterocycles. The van der Waals surface area contributed by atoms with Crippen molar-refractivity contribution in [2.45, 2.75) is 31.9 Å². The van der Waals surface area contributed by atoms with Gasteiger partial charge in [-0.1, -0.05) is 30.3 Å². The minimum atomic E-state index is -0.274. The number of hydrogen-bond donors (Lipinski definition) is 1. The van der Waals surface area contributed by atoms with Crippen LogP contribution in [0.1, 0.15) is 24.8 Å². The Labute approximate surface area is 142 Å². The Balaban J connectivity index is 1.46. The fourth-order valence-corrected chi connectivity index (χ4v) is 3.19. The first-order valence-corrected chi connectivity index (χ1v) is 8.62. The number of rotatable bonds is 6. The average molecular weight is 331 g/mol. The third kappa shape index (κ3) is 4.26. The zero-order valence-corrected chi connectivity index (χ0v) is 13.9. The predicted octanol–water partition coefficient (Wildman–Crippen LogP) is 1.59. The van der Waals surface area contributed by atoms with Gasteiger partial charge in [-0.05, 0) is 30.7 Å². The highest BCUT2D eigenvalue weighted by atomic mass is 16.6. The minimum absolute atomic E-state index is 0.0163. The van der Waals surface area contributed by atoms with Gasteiger partial charge in [-0.2, -0.15) is 0 Å². The number of nitrogens with two attached hydrogens (primary N) is 1. The van der Waals surface area contributed by atoms with Gasteiger partial charge in [-0.3, -0.25) is 4.79 Å². The summed E-state index contributed by atoms with van der Waals surface area (Å²) < 4.78 is 5.38. The molecule has 1 aromatic rings. The van der Waals surface area contributed by atoms with Gasteiger partial charge in [-0.15, -0.1) is 0 Å². The van der Waals surface area contributed by atoms with Crippen LogP contribution in [0.2, 0.25) is 0 Å². The monoisotopic (exact) mass is 331 g/mol. The zero-order valence-electron chi connectivity index (χ0n) is 13.9. The molecule has 6 nitrogen and oxygen atoms in total. The number of ether oxygens (including phenoxy) is 1. The van der Waals surface area contributed by atoms with Crippen molar-refractivity contribution < 1.29 is 14.3 Å². The molecule has 2 amide bonds. The van der Waals surface area contributed by atoms with Crippen LogP contribution in [0.5, 0.6) is 0 Å². The molecule has 0 radical (unpaired) electrons. The van der Waals surface area contributed by atoms with E-state index in [1.54, 1.807) is 4.90 Å². The number of hydrogen-bond acceptors (Lipinski definition) is 4. The normalized spacial score (nSPS) is 20.0. The Bertz CT molecular complexity index is 574. The molecule has 1 aromatic carbocycles. The molecule has 24 heavy (non-hydrogen) atoms. The number of nitrogens with zero attached hydrogens (tertiary/aromatic N) is 2. The highest BCUT2D eigenvalue weighted by molar-refractivity contribution is 5.78. The van der Waals surface area contributed by atoms with Crippen LogP contribution in [-0.4, -0.2) is 54.0 Å². The smallest absolute Gasteiger partial charge is 0.410 e. The van der Waals surface area contributed by atoms with E-state index in [-0.39, 0.29) is 18.5 Å². The summed E-state index contributed by atoms with van der Waals surface area (Å²) in [5.41, 5.74) is 6.49. The number of amides is 2. The van der Waals surface area contributed by atoms with Crippen molar-refractivity contribution in [3.05, 3.63) is 35.9 Å². The van der Waals surface area contributed by atoms with Crippen molar-refractivity contribution >= 4 is 12.0 Å². The second kappa shape index (κ2) is 7.66. The summed E-state index contributed by atoms with van der Waals surface area (Å²) in [6.07, 6.45) is 2.77. The van der Waals surface area contributed by atoms with Crippen molar-refractivity contribution in [3.63, 3.8) is 0 Å². The van der Waals surface area contributed by atoms with Crippen LogP contribution in [0.3, 0.4) is 0 Å². The van der Waals surface area contributed by atoms with Crippen LogP contribution in [-0.2, 0) is 16.1 Å². The van der Waals surface area contributed by atoms with Crippen molar-refractivity contribution in [3.8, 4) is 0 Å². The maximum Gasteiger partial charge on any atom is 0.410 e. The summed E-state index contributed by atoms with van der Waals surface area (Å²) in [6, 6.07) is 10.0. The van der Waals surface area contributed by atoms with E-state index in [2.05, 4.69) is 0 Å². The molecule has 3 rings (SSSR count). The third-order valence-electron chi connectivity index (χ3n) is 4.69. The minimum Gasteiger partial charge on any atom is -0.445 e. The first-order chi connectivity index (χ1) is 11.7. The van der Waals surface area contributed by atoms with Crippen LogP contribution < -0.4 is 5.73 Å². The topological polar surface area (TPSA) is 75.9 Å². The van der Waals surface area contributed by atoms with E-state index in [1.807, 2.05) is 35.2 Å². The van der Waals surface area contributed by atoms with Crippen LogP contribution in [0, 0.1) is 5.92 Å². The van der Waals surface area contributed by atoms with Gasteiger partial charge in [0, 0.05) is 25.7 Å². The number of likely N-dealkylation sites (tertiary alicyclic amines) is 1. The molecule has 1 heterocycles. The highest BCUT2D eigenvalue weighted by Crippen LogP contribution is 2.29. The van der Waals surface area contributed by atoms with Gasteiger partial charge < -0.3 is 20.3 Å². The van der Waals surface area contributed by atoms with E-state index in [1.165, 1.54) is 0 Å². The lowest BCUT2D eigenvalue weighted by molar-refractivity contribution is -0.130. The summed E-state index contributed by atoms with van der Waals surface area (Å²) in [4.78, 5) is 27.8. The molecule has 130 valence electrons. The summed E-state index contributed by atoms with van der Waals surface area (Å²) >= 11 is 0. The summed E-state index contributed by atoms with van der Waals surface area (Å²) in [5.74, 6) is 0.327. The van der Waals surface area contributed by atoms with Crippen molar-refractivity contribution in [1.82, 2.24) is 9.80 Å². The summed E-state index contributed by atoms with van der Waals surface area (Å²) in [6.45, 7) is 2.39. The highest BCUT2D eigenvalue weighted by Gasteiger charge is 2.36. The van der Waals surface area contributed by atoms with E-state index in [4.69, 9.17) is 10.5 Å². The van der Waals surface area contributed by atoms with Gasteiger partial charge >= 0.3 is 6.09 Å². The predicted molar refractivity (Wildman–Crippen MR) is 90.1 cm³/mol. The van der Waals surface area contributed by atoms with Crippen LogP contribution in [0.4, 0.5) is 4.79 Å². The standard InChI is InChI=1S/C18H25N3O3/c19-10-17(22)21(16-6-7-16)12-15-8-9-20(11-15)18(23)24-13-14-4-2-1-3-5-14/h1-5,15-16H,6-13,19H2/t15-/m1/s1. The fourth-order valence-electron chi connectivity index (χ4n) is 3.19. The third-order valence-corrected chi connectivity index (χ3v) is 4.69. The first-order valence-electron chi connectivity index (χ1n) is 8.62. The average Bonchev–Trinajstić information content (AvgIpc) is 3.35. The molecular weight excluding hydrogens is 306 g/mol. The van der Waals surface area contributed by atoms with Crippen molar-refractivity contribution in [1.29, 1.82) is 0 Å². The summed E-state index contributed by atoms with van der Waals surface area (Å²) in [7, 11) is 0. The van der Waals surface area contributed by atoms with Gasteiger partial charge in [0.25, 0.3) is 0 Å². The van der Waals surface area contributed by atoms with Gasteiger partial charge in [0.05, 0.1) is 6.54 Å². The lowest BCUT2D eigenvalue weighted by atomic mass is 10.1. The van der Waals surface area contributed by atoms with Gasteiger partial charge in [0.15, 0.2) is 0 Å². The van der Waals surface area contributed by atoms with E-state index >= 15 is 0 Å². The number of benzene rings is 1. The zero-order chi connectivity index (χ0) is 16.9. The molecule has 0 aromatic heterocycles. The largest absolute Gasteiger partial charge is 0.445 e.